The molecule has 1 aliphatic rings. The maximum atomic E-state index is 11.0. The van der Waals surface area contributed by atoms with Crippen molar-refractivity contribution in [2.45, 2.75) is 19.4 Å². The topological polar surface area (TPSA) is 38.3 Å². The summed E-state index contributed by atoms with van der Waals surface area (Å²) in [5.41, 5.74) is 0. The fourth-order valence-corrected chi connectivity index (χ4v) is 1.33. The zero-order chi connectivity index (χ0) is 7.56. The largest absolute Gasteiger partial charge is 0.469 e. The summed E-state index contributed by atoms with van der Waals surface area (Å²) >= 11 is 0. The van der Waals surface area contributed by atoms with Crippen LogP contribution in [0.25, 0.3) is 0 Å². The second-order valence-electron chi connectivity index (χ2n) is 2.66. The minimum atomic E-state index is -0.0856. The van der Waals surface area contributed by atoms with E-state index >= 15 is 0 Å². The summed E-state index contributed by atoms with van der Waals surface area (Å²) in [5, 5.41) is 3.18. The van der Waals surface area contributed by atoms with Crippen molar-refractivity contribution in [1.29, 1.82) is 0 Å². The minimum absolute atomic E-state index is 0. The summed E-state index contributed by atoms with van der Waals surface area (Å²) in [5.74, 6) is -0.0116. The molecule has 0 amide bonds. The van der Waals surface area contributed by atoms with E-state index in [1.807, 2.05) is 6.92 Å². The number of esters is 1. The molecule has 2 atom stereocenters. The van der Waals surface area contributed by atoms with Crippen LogP contribution in [-0.4, -0.2) is 25.7 Å². The van der Waals surface area contributed by atoms with Gasteiger partial charge in [-0.1, -0.05) is 0 Å². The zero-order valence-electron chi connectivity index (χ0n) is 6.79. The lowest BCUT2D eigenvalue weighted by Crippen LogP contribution is -2.28. The van der Waals surface area contributed by atoms with E-state index in [1.165, 1.54) is 7.11 Å². The predicted octanol–water partition coefficient (Wildman–Crippen LogP) is 0.579. The Balaban J connectivity index is 0.000001000. The molecule has 1 saturated heterocycles. The Morgan fingerprint density at radius 1 is 1.64 bits per heavy atom. The molecule has 0 radical (unpaired) electrons. The number of nitrogens with one attached hydrogen (secondary N) is 1. The smallest absolute Gasteiger partial charge is 0.310 e. The summed E-state index contributed by atoms with van der Waals surface area (Å²) in [6.07, 6.45) is 0.911. The number of carbonyl (C=O) groups excluding carboxylic acids is 1. The zero-order valence-corrected chi connectivity index (χ0v) is 7.61. The third kappa shape index (κ3) is 2.34. The quantitative estimate of drug-likeness (QED) is 0.599. The molecular formula is C7H14ClNO2. The fourth-order valence-electron chi connectivity index (χ4n) is 1.33. The molecule has 0 unspecified atom stereocenters. The van der Waals surface area contributed by atoms with Crippen molar-refractivity contribution in [2.24, 2.45) is 5.92 Å². The number of carbonyl (C=O) groups is 1. The van der Waals surface area contributed by atoms with Crippen LogP contribution < -0.4 is 5.32 Å². The third-order valence-electron chi connectivity index (χ3n) is 2.03. The lowest BCUT2D eigenvalue weighted by Gasteiger charge is -2.10. The van der Waals surface area contributed by atoms with Gasteiger partial charge in [-0.25, -0.2) is 0 Å². The molecule has 66 valence electrons. The van der Waals surface area contributed by atoms with E-state index in [1.54, 1.807) is 0 Å². The Bertz CT molecular complexity index is 140. The van der Waals surface area contributed by atoms with Gasteiger partial charge in [-0.05, 0) is 19.9 Å². The highest BCUT2D eigenvalue weighted by molar-refractivity contribution is 5.85. The van der Waals surface area contributed by atoms with Gasteiger partial charge in [-0.3, -0.25) is 4.79 Å². The second-order valence-corrected chi connectivity index (χ2v) is 2.66. The van der Waals surface area contributed by atoms with Gasteiger partial charge in [0.2, 0.25) is 0 Å². The maximum Gasteiger partial charge on any atom is 0.310 e. The van der Waals surface area contributed by atoms with E-state index in [0.717, 1.165) is 13.0 Å². The molecule has 1 heterocycles. The van der Waals surface area contributed by atoms with Gasteiger partial charge in [0.15, 0.2) is 0 Å². The van der Waals surface area contributed by atoms with Gasteiger partial charge in [-0.2, -0.15) is 0 Å². The van der Waals surface area contributed by atoms with Gasteiger partial charge in [0.05, 0.1) is 13.0 Å². The van der Waals surface area contributed by atoms with Crippen molar-refractivity contribution in [3.05, 3.63) is 0 Å². The van der Waals surface area contributed by atoms with Crippen LogP contribution >= 0.6 is 12.4 Å². The van der Waals surface area contributed by atoms with E-state index in [0.29, 0.717) is 0 Å². The molecule has 0 aromatic rings. The molecule has 4 heteroatoms. The van der Waals surface area contributed by atoms with Crippen LogP contribution in [0, 0.1) is 5.92 Å². The molecular weight excluding hydrogens is 166 g/mol. The average molecular weight is 180 g/mol. The summed E-state index contributed by atoms with van der Waals surface area (Å²) < 4.78 is 4.63. The molecule has 0 bridgehead atoms. The van der Waals surface area contributed by atoms with E-state index in [-0.39, 0.29) is 30.3 Å². The van der Waals surface area contributed by atoms with Gasteiger partial charge in [0.25, 0.3) is 0 Å². The van der Waals surface area contributed by atoms with Crippen LogP contribution in [0.15, 0.2) is 0 Å². The Hall–Kier alpha value is -0.280. The highest BCUT2D eigenvalue weighted by Gasteiger charge is 2.29. The number of halogens is 1. The number of hydrogen-bond donors (Lipinski definition) is 1. The fraction of sp³-hybridized carbons (Fsp3) is 0.857. The van der Waals surface area contributed by atoms with E-state index in [9.17, 15) is 4.79 Å². The second kappa shape index (κ2) is 4.57. The Morgan fingerprint density at radius 2 is 2.27 bits per heavy atom. The van der Waals surface area contributed by atoms with Crippen LogP contribution in [0.2, 0.25) is 0 Å². The molecule has 1 fully saturated rings. The average Bonchev–Trinajstić information content (AvgIpc) is 2.34. The van der Waals surface area contributed by atoms with Crippen LogP contribution in [0.1, 0.15) is 13.3 Å². The van der Waals surface area contributed by atoms with Gasteiger partial charge in [0.1, 0.15) is 0 Å². The Kier molecular flexibility index (Phi) is 4.45. The first-order chi connectivity index (χ1) is 4.75. The van der Waals surface area contributed by atoms with Crippen molar-refractivity contribution in [3.8, 4) is 0 Å². The van der Waals surface area contributed by atoms with Crippen molar-refractivity contribution in [3.63, 3.8) is 0 Å². The molecule has 0 aromatic heterocycles. The molecule has 1 aliphatic heterocycles. The Morgan fingerprint density at radius 3 is 2.64 bits per heavy atom. The summed E-state index contributed by atoms with van der Waals surface area (Å²) in [6, 6.07) is 0.285. The Labute approximate surface area is 72.9 Å². The predicted molar refractivity (Wildman–Crippen MR) is 44.8 cm³/mol. The van der Waals surface area contributed by atoms with Gasteiger partial charge >= 0.3 is 5.97 Å². The van der Waals surface area contributed by atoms with E-state index in [2.05, 4.69) is 10.1 Å². The monoisotopic (exact) mass is 179 g/mol. The molecule has 0 aliphatic carbocycles. The first kappa shape index (κ1) is 10.7. The summed E-state index contributed by atoms with van der Waals surface area (Å²) in [7, 11) is 1.44. The van der Waals surface area contributed by atoms with Crippen LogP contribution in [-0.2, 0) is 9.53 Å². The first-order valence-electron chi connectivity index (χ1n) is 3.57. The molecule has 1 rings (SSSR count). The standard InChI is InChI=1S/C7H13NO2.ClH/c1-5-6(3-4-8-5)7(9)10-2;/h5-6,8H,3-4H2,1-2H3;1H/t5-,6-;/m0./s1. The first-order valence-corrected chi connectivity index (χ1v) is 3.57. The van der Waals surface area contributed by atoms with Crippen molar-refractivity contribution < 1.29 is 9.53 Å². The lowest BCUT2D eigenvalue weighted by atomic mass is 10.0. The number of hydrogen-bond acceptors (Lipinski definition) is 3. The molecule has 0 saturated carbocycles. The van der Waals surface area contributed by atoms with Crippen LogP contribution in [0.5, 0.6) is 0 Å². The van der Waals surface area contributed by atoms with E-state index < -0.39 is 0 Å². The highest BCUT2D eigenvalue weighted by atomic mass is 35.5. The molecule has 0 spiro atoms. The molecule has 11 heavy (non-hydrogen) atoms. The number of rotatable bonds is 1. The minimum Gasteiger partial charge on any atom is -0.469 e. The molecule has 3 nitrogen and oxygen atoms in total. The van der Waals surface area contributed by atoms with Gasteiger partial charge < -0.3 is 10.1 Å². The number of methoxy groups -OCH3 is 1. The van der Waals surface area contributed by atoms with Crippen LogP contribution in [0.3, 0.4) is 0 Å². The normalized spacial score (nSPS) is 29.3. The maximum absolute atomic E-state index is 11.0. The molecule has 1 N–H and O–H groups in total. The van der Waals surface area contributed by atoms with Crippen molar-refractivity contribution >= 4 is 18.4 Å². The SMILES string of the molecule is COC(=O)[C@H]1CCN[C@H]1C.Cl. The highest BCUT2D eigenvalue weighted by Crippen LogP contribution is 2.15. The van der Waals surface area contributed by atoms with Crippen molar-refractivity contribution in [1.82, 2.24) is 5.32 Å². The summed E-state index contributed by atoms with van der Waals surface area (Å²) in [6.45, 7) is 2.94. The number of ether oxygens (including phenoxy) is 1. The lowest BCUT2D eigenvalue weighted by molar-refractivity contribution is -0.145. The van der Waals surface area contributed by atoms with Gasteiger partial charge in [-0.15, -0.1) is 12.4 Å². The van der Waals surface area contributed by atoms with Crippen molar-refractivity contribution in [2.75, 3.05) is 13.7 Å². The molecule has 0 aromatic carbocycles. The van der Waals surface area contributed by atoms with E-state index in [4.69, 9.17) is 0 Å². The third-order valence-corrected chi connectivity index (χ3v) is 2.03. The van der Waals surface area contributed by atoms with Gasteiger partial charge in [0, 0.05) is 6.04 Å². The van der Waals surface area contributed by atoms with Crippen LogP contribution in [0.4, 0.5) is 0 Å². The summed E-state index contributed by atoms with van der Waals surface area (Å²) in [4.78, 5) is 11.0.